The lowest BCUT2D eigenvalue weighted by molar-refractivity contribution is 0.0894. The molecule has 0 aliphatic carbocycles. The Morgan fingerprint density at radius 3 is 3.06 bits per heavy atom. The van der Waals surface area contributed by atoms with Gasteiger partial charge in [-0.15, -0.1) is 11.3 Å². The first kappa shape index (κ1) is 11.3. The molecule has 1 aliphatic heterocycles. The van der Waals surface area contributed by atoms with Gasteiger partial charge in [0.25, 0.3) is 0 Å². The zero-order valence-corrected chi connectivity index (χ0v) is 9.92. The van der Waals surface area contributed by atoms with Crippen molar-refractivity contribution in [2.24, 2.45) is 5.73 Å². The third kappa shape index (κ3) is 2.31. The van der Waals surface area contributed by atoms with Crippen LogP contribution in [0.2, 0.25) is 0 Å². The molecule has 2 rings (SSSR count). The lowest BCUT2D eigenvalue weighted by Gasteiger charge is -2.12. The van der Waals surface area contributed by atoms with Crippen molar-refractivity contribution in [2.75, 3.05) is 6.61 Å². The van der Waals surface area contributed by atoms with E-state index in [9.17, 15) is 4.79 Å². The van der Waals surface area contributed by atoms with Crippen molar-refractivity contribution >= 4 is 17.1 Å². The molecule has 86 valence electrons. The number of carbonyl (C=O) groups excluding carboxylic acids is 1. The maximum atomic E-state index is 11.9. The first-order valence-corrected chi connectivity index (χ1v) is 6.15. The van der Waals surface area contributed by atoms with E-state index in [2.05, 4.69) is 4.98 Å². The normalized spacial score (nSPS) is 17.5. The lowest BCUT2D eigenvalue weighted by atomic mass is 10.2. The van der Waals surface area contributed by atoms with E-state index < -0.39 is 0 Å². The van der Waals surface area contributed by atoms with Gasteiger partial charge in [-0.1, -0.05) is 0 Å². The zero-order chi connectivity index (χ0) is 11.5. The van der Waals surface area contributed by atoms with E-state index in [4.69, 9.17) is 10.5 Å². The van der Waals surface area contributed by atoms with Crippen LogP contribution in [0.1, 0.15) is 41.3 Å². The van der Waals surface area contributed by atoms with Gasteiger partial charge in [0.2, 0.25) is 5.78 Å². The highest BCUT2D eigenvalue weighted by Crippen LogP contribution is 2.20. The van der Waals surface area contributed by atoms with E-state index in [1.54, 1.807) is 5.38 Å². The van der Waals surface area contributed by atoms with Crippen molar-refractivity contribution in [3.8, 4) is 0 Å². The molecule has 1 aromatic rings. The van der Waals surface area contributed by atoms with Gasteiger partial charge in [-0.05, 0) is 25.8 Å². The van der Waals surface area contributed by atoms with Crippen LogP contribution in [0.3, 0.4) is 0 Å². The number of Topliss-reactive ketones (excluding diaryl/α,β-unsaturated/α-hetero) is 1. The van der Waals surface area contributed by atoms with Gasteiger partial charge in [0.1, 0.15) is 10.7 Å². The SMILES string of the molecule is CC(N)c1nc(C(=O)C2=CCCCO2)cs1. The van der Waals surface area contributed by atoms with Crippen LogP contribution >= 0.6 is 11.3 Å². The second-order valence-corrected chi connectivity index (χ2v) is 4.64. The summed E-state index contributed by atoms with van der Waals surface area (Å²) in [5.41, 5.74) is 6.13. The molecule has 0 saturated heterocycles. The minimum Gasteiger partial charge on any atom is -0.490 e. The zero-order valence-electron chi connectivity index (χ0n) is 9.10. The molecule has 1 unspecified atom stereocenters. The van der Waals surface area contributed by atoms with Crippen molar-refractivity contribution in [2.45, 2.75) is 25.8 Å². The van der Waals surface area contributed by atoms with Crippen LogP contribution in [0.5, 0.6) is 0 Å². The van der Waals surface area contributed by atoms with Crippen molar-refractivity contribution in [1.82, 2.24) is 4.98 Å². The summed E-state index contributed by atoms with van der Waals surface area (Å²) in [6, 6.07) is -0.132. The van der Waals surface area contributed by atoms with Gasteiger partial charge in [-0.25, -0.2) is 4.98 Å². The average molecular weight is 238 g/mol. The van der Waals surface area contributed by atoms with Crippen molar-refractivity contribution in [3.05, 3.63) is 27.9 Å². The number of ether oxygens (including phenoxy) is 1. The number of allylic oxidation sites excluding steroid dienone is 2. The van der Waals surface area contributed by atoms with Gasteiger partial charge in [0.05, 0.1) is 12.6 Å². The van der Waals surface area contributed by atoms with Crippen molar-refractivity contribution in [1.29, 1.82) is 0 Å². The Hall–Kier alpha value is -1.20. The summed E-state index contributed by atoms with van der Waals surface area (Å²) in [5, 5.41) is 2.51. The largest absolute Gasteiger partial charge is 0.490 e. The molecule has 0 spiro atoms. The summed E-state index contributed by atoms with van der Waals surface area (Å²) in [4.78, 5) is 16.2. The molecule has 1 aliphatic rings. The molecule has 16 heavy (non-hydrogen) atoms. The molecule has 1 aromatic heterocycles. The Balaban J connectivity index is 2.17. The highest BCUT2D eigenvalue weighted by molar-refractivity contribution is 7.09. The van der Waals surface area contributed by atoms with E-state index in [-0.39, 0.29) is 11.8 Å². The summed E-state index contributed by atoms with van der Waals surface area (Å²) >= 11 is 1.41. The molecule has 4 nitrogen and oxygen atoms in total. The van der Waals surface area contributed by atoms with Gasteiger partial charge < -0.3 is 10.5 Å². The Labute approximate surface area is 98.1 Å². The van der Waals surface area contributed by atoms with Gasteiger partial charge in [0, 0.05) is 5.38 Å². The molecule has 0 saturated carbocycles. The monoisotopic (exact) mass is 238 g/mol. The standard InChI is InChI=1S/C11H14N2O2S/c1-7(12)11-13-8(6-16-11)10(14)9-4-2-3-5-15-9/h4,6-7H,2-3,5,12H2,1H3. The van der Waals surface area contributed by atoms with Gasteiger partial charge in [0.15, 0.2) is 5.76 Å². The maximum absolute atomic E-state index is 11.9. The molecule has 5 heteroatoms. The highest BCUT2D eigenvalue weighted by Gasteiger charge is 2.19. The van der Waals surface area contributed by atoms with E-state index in [1.807, 2.05) is 13.0 Å². The second kappa shape index (κ2) is 4.76. The van der Waals surface area contributed by atoms with Crippen LogP contribution < -0.4 is 5.73 Å². The second-order valence-electron chi connectivity index (χ2n) is 3.75. The fourth-order valence-corrected chi connectivity index (χ4v) is 2.20. The summed E-state index contributed by atoms with van der Waals surface area (Å²) in [7, 11) is 0. The van der Waals surface area contributed by atoms with E-state index in [0.717, 1.165) is 17.8 Å². The average Bonchev–Trinajstić information content (AvgIpc) is 2.78. The lowest BCUT2D eigenvalue weighted by Crippen LogP contribution is -2.12. The molecule has 0 fully saturated rings. The molecule has 0 radical (unpaired) electrons. The predicted molar refractivity (Wildman–Crippen MR) is 62.3 cm³/mol. The summed E-state index contributed by atoms with van der Waals surface area (Å²) in [5.74, 6) is 0.288. The number of rotatable bonds is 3. The van der Waals surface area contributed by atoms with Gasteiger partial charge in [-0.2, -0.15) is 0 Å². The number of nitrogens with two attached hydrogens (primary N) is 1. The number of hydrogen-bond donors (Lipinski definition) is 1. The Morgan fingerprint density at radius 1 is 1.69 bits per heavy atom. The fraction of sp³-hybridized carbons (Fsp3) is 0.455. The van der Waals surface area contributed by atoms with Crippen LogP contribution in [0.4, 0.5) is 0 Å². The summed E-state index contributed by atoms with van der Waals surface area (Å²) in [6.45, 7) is 2.46. The Bertz CT molecular complexity index is 423. The molecule has 0 amide bonds. The fourth-order valence-electron chi connectivity index (χ4n) is 1.44. The molecule has 2 heterocycles. The topological polar surface area (TPSA) is 65.2 Å². The molecule has 2 N–H and O–H groups in total. The maximum Gasteiger partial charge on any atom is 0.246 e. The van der Waals surface area contributed by atoms with Gasteiger partial charge in [-0.3, -0.25) is 4.79 Å². The number of aromatic nitrogens is 1. The third-order valence-electron chi connectivity index (χ3n) is 2.30. The quantitative estimate of drug-likeness (QED) is 0.818. The number of carbonyl (C=O) groups is 1. The number of nitrogens with zero attached hydrogens (tertiary/aromatic N) is 1. The van der Waals surface area contributed by atoms with Crippen LogP contribution in [-0.2, 0) is 4.74 Å². The molecular formula is C11H14N2O2S. The summed E-state index contributed by atoms with van der Waals surface area (Å²) < 4.78 is 5.31. The van der Waals surface area contributed by atoms with Crippen LogP contribution in [0.25, 0.3) is 0 Å². The highest BCUT2D eigenvalue weighted by atomic mass is 32.1. The number of ketones is 1. The molecule has 1 atom stereocenters. The minimum atomic E-state index is -0.136. The smallest absolute Gasteiger partial charge is 0.246 e. The van der Waals surface area contributed by atoms with Gasteiger partial charge >= 0.3 is 0 Å². The van der Waals surface area contributed by atoms with E-state index in [0.29, 0.717) is 18.1 Å². The predicted octanol–water partition coefficient (Wildman–Crippen LogP) is 2.04. The van der Waals surface area contributed by atoms with Crippen molar-refractivity contribution < 1.29 is 9.53 Å². The molecular weight excluding hydrogens is 224 g/mol. The molecule has 0 bridgehead atoms. The number of hydrogen-bond acceptors (Lipinski definition) is 5. The van der Waals surface area contributed by atoms with E-state index in [1.165, 1.54) is 11.3 Å². The Kier molecular flexibility index (Phi) is 3.36. The van der Waals surface area contributed by atoms with Crippen LogP contribution in [0, 0.1) is 0 Å². The summed E-state index contributed by atoms with van der Waals surface area (Å²) in [6.07, 6.45) is 3.70. The molecule has 0 aromatic carbocycles. The van der Waals surface area contributed by atoms with Crippen LogP contribution in [0.15, 0.2) is 17.2 Å². The number of thiazole rings is 1. The minimum absolute atomic E-state index is 0.132. The first-order valence-electron chi connectivity index (χ1n) is 5.27. The third-order valence-corrected chi connectivity index (χ3v) is 3.35. The van der Waals surface area contributed by atoms with E-state index >= 15 is 0 Å². The van der Waals surface area contributed by atoms with Crippen LogP contribution in [-0.4, -0.2) is 17.4 Å². The first-order chi connectivity index (χ1) is 7.68. The Morgan fingerprint density at radius 2 is 2.50 bits per heavy atom. The van der Waals surface area contributed by atoms with Crippen molar-refractivity contribution in [3.63, 3.8) is 0 Å².